The van der Waals surface area contributed by atoms with E-state index in [0.717, 1.165) is 12.8 Å². The third-order valence-corrected chi connectivity index (χ3v) is 10.3. The van der Waals surface area contributed by atoms with Gasteiger partial charge in [-0.25, -0.2) is 0 Å². The molecule has 0 aromatic heterocycles. The number of benzene rings is 9. The molecule has 10 rings (SSSR count). The van der Waals surface area contributed by atoms with Gasteiger partial charge in [-0.1, -0.05) is 152 Å². The summed E-state index contributed by atoms with van der Waals surface area (Å²) in [6, 6.07) is 58.8. The summed E-state index contributed by atoms with van der Waals surface area (Å²) in [7, 11) is 0. The Kier molecular flexibility index (Phi) is 5.50. The van der Waals surface area contributed by atoms with Crippen LogP contribution >= 0.6 is 0 Å². The van der Waals surface area contributed by atoms with E-state index in [4.69, 9.17) is 0 Å². The van der Waals surface area contributed by atoms with Gasteiger partial charge in [0, 0.05) is 0 Å². The van der Waals surface area contributed by atoms with Crippen LogP contribution in [-0.2, 0) is 12.8 Å². The second kappa shape index (κ2) is 9.89. The molecule has 0 radical (unpaired) electrons. The quantitative estimate of drug-likeness (QED) is 0.181. The zero-order chi connectivity index (χ0) is 30.2. The zero-order valence-electron chi connectivity index (χ0n) is 25.4. The fourth-order valence-corrected chi connectivity index (χ4v) is 8.05. The fourth-order valence-electron chi connectivity index (χ4n) is 8.05. The Morgan fingerprint density at radius 2 is 0.761 bits per heavy atom. The standard InChI is InChI=1S/C46H30/c1-4-34-19-21-37-23-26-41(43-27-24-35(5-1)45(34)46(37)43)32-16-12-30(13-17-32)39-8-2-7-38(28-39)29-10-14-31(15-11-29)40-25-22-36-20-18-33-6-3-9-42(40)44(33)36/h1-17,19,21-28H,18,20H2. The first-order valence-electron chi connectivity index (χ1n) is 16.3. The summed E-state index contributed by atoms with van der Waals surface area (Å²) in [5.74, 6) is 0. The Hall–Kier alpha value is -5.72. The molecule has 0 amide bonds. The lowest BCUT2D eigenvalue weighted by atomic mass is 9.89. The number of hydrogen-bond donors (Lipinski definition) is 0. The van der Waals surface area contributed by atoms with E-state index >= 15 is 0 Å². The van der Waals surface area contributed by atoms with Crippen molar-refractivity contribution in [2.45, 2.75) is 12.8 Å². The molecule has 0 unspecified atom stereocenters. The summed E-state index contributed by atoms with van der Waals surface area (Å²) < 4.78 is 0. The highest BCUT2D eigenvalue weighted by Gasteiger charge is 2.17. The largest absolute Gasteiger partial charge is 0.0613 e. The van der Waals surface area contributed by atoms with Crippen LogP contribution in [0.25, 0.3) is 87.6 Å². The van der Waals surface area contributed by atoms with Crippen molar-refractivity contribution in [2.75, 3.05) is 0 Å². The minimum Gasteiger partial charge on any atom is -0.0613 e. The van der Waals surface area contributed by atoms with Gasteiger partial charge in [0.05, 0.1) is 0 Å². The molecule has 1 aliphatic rings. The number of hydrogen-bond acceptors (Lipinski definition) is 0. The van der Waals surface area contributed by atoms with E-state index in [1.807, 2.05) is 0 Å². The highest BCUT2D eigenvalue weighted by atomic mass is 14.2. The lowest BCUT2D eigenvalue weighted by molar-refractivity contribution is 1.02. The molecule has 0 atom stereocenters. The molecule has 0 saturated heterocycles. The van der Waals surface area contributed by atoms with Crippen LogP contribution in [0, 0.1) is 0 Å². The number of aryl methyl sites for hydroxylation is 2. The molecule has 0 nitrogen and oxygen atoms in total. The van der Waals surface area contributed by atoms with Crippen LogP contribution in [0.2, 0.25) is 0 Å². The van der Waals surface area contributed by atoms with E-state index < -0.39 is 0 Å². The van der Waals surface area contributed by atoms with Gasteiger partial charge in [-0.2, -0.15) is 0 Å². The molecule has 0 heterocycles. The minimum absolute atomic E-state index is 1.16. The van der Waals surface area contributed by atoms with Crippen molar-refractivity contribution in [1.82, 2.24) is 0 Å². The maximum Gasteiger partial charge on any atom is -0.00206 e. The van der Waals surface area contributed by atoms with E-state index in [-0.39, 0.29) is 0 Å². The Morgan fingerprint density at radius 1 is 0.283 bits per heavy atom. The van der Waals surface area contributed by atoms with Gasteiger partial charge in [-0.05, 0) is 118 Å². The fraction of sp³-hybridized carbons (Fsp3) is 0.0435. The Labute approximate surface area is 268 Å². The highest BCUT2D eigenvalue weighted by molar-refractivity contribution is 6.25. The van der Waals surface area contributed by atoms with Gasteiger partial charge in [0.2, 0.25) is 0 Å². The van der Waals surface area contributed by atoms with Gasteiger partial charge < -0.3 is 0 Å². The topological polar surface area (TPSA) is 0 Å². The predicted molar refractivity (Wildman–Crippen MR) is 197 cm³/mol. The predicted octanol–water partition coefficient (Wildman–Crippen LogP) is 12.5. The summed E-state index contributed by atoms with van der Waals surface area (Å²) in [4.78, 5) is 0. The van der Waals surface area contributed by atoms with Crippen molar-refractivity contribution in [3.63, 3.8) is 0 Å². The molecule has 1 aliphatic carbocycles. The SMILES string of the molecule is c1cc(-c2ccc(-c3ccc4c5c(cccc35)CC4)cc2)cc(-c2ccc(-c3ccc4ccc5cccc6ccc3c4c56)cc2)c1. The summed E-state index contributed by atoms with van der Waals surface area (Å²) >= 11 is 0. The molecular formula is C46H30. The van der Waals surface area contributed by atoms with E-state index in [2.05, 4.69) is 158 Å². The van der Waals surface area contributed by atoms with Gasteiger partial charge in [-0.3, -0.25) is 0 Å². The summed E-state index contributed by atoms with van der Waals surface area (Å²) in [5, 5.41) is 10.8. The van der Waals surface area contributed by atoms with Crippen LogP contribution in [0.3, 0.4) is 0 Å². The summed E-state index contributed by atoms with van der Waals surface area (Å²) in [6.07, 6.45) is 2.32. The van der Waals surface area contributed by atoms with E-state index in [1.54, 1.807) is 0 Å². The smallest absolute Gasteiger partial charge is 0.00206 e. The monoisotopic (exact) mass is 582 g/mol. The highest BCUT2D eigenvalue weighted by Crippen LogP contribution is 2.40. The van der Waals surface area contributed by atoms with Crippen LogP contribution < -0.4 is 0 Å². The van der Waals surface area contributed by atoms with E-state index in [0.29, 0.717) is 0 Å². The summed E-state index contributed by atoms with van der Waals surface area (Å²) in [5.41, 5.74) is 13.1. The first kappa shape index (κ1) is 25.6. The van der Waals surface area contributed by atoms with E-state index in [1.165, 1.54) is 98.7 Å². The normalized spacial score (nSPS) is 12.6. The average Bonchev–Trinajstić information content (AvgIpc) is 3.55. The second-order valence-electron chi connectivity index (χ2n) is 12.8. The first-order valence-corrected chi connectivity index (χ1v) is 16.3. The lowest BCUT2D eigenvalue weighted by Crippen LogP contribution is -1.87. The van der Waals surface area contributed by atoms with Gasteiger partial charge in [-0.15, -0.1) is 0 Å². The minimum atomic E-state index is 1.16. The molecule has 0 spiro atoms. The molecule has 46 heavy (non-hydrogen) atoms. The third-order valence-electron chi connectivity index (χ3n) is 10.3. The molecule has 0 bridgehead atoms. The number of rotatable bonds is 4. The molecule has 0 aliphatic heterocycles. The third kappa shape index (κ3) is 3.87. The maximum absolute atomic E-state index is 2.33. The molecule has 9 aromatic carbocycles. The molecular weight excluding hydrogens is 553 g/mol. The van der Waals surface area contributed by atoms with Crippen LogP contribution in [-0.4, -0.2) is 0 Å². The van der Waals surface area contributed by atoms with Crippen LogP contribution in [0.5, 0.6) is 0 Å². The van der Waals surface area contributed by atoms with Crippen LogP contribution in [0.1, 0.15) is 11.1 Å². The summed E-state index contributed by atoms with van der Waals surface area (Å²) in [6.45, 7) is 0. The second-order valence-corrected chi connectivity index (χ2v) is 12.8. The van der Waals surface area contributed by atoms with Gasteiger partial charge in [0.15, 0.2) is 0 Å². The lowest BCUT2D eigenvalue weighted by Gasteiger charge is -2.14. The van der Waals surface area contributed by atoms with Crippen LogP contribution in [0.4, 0.5) is 0 Å². The zero-order valence-corrected chi connectivity index (χ0v) is 25.4. The van der Waals surface area contributed by atoms with Crippen LogP contribution in [0.15, 0.2) is 158 Å². The van der Waals surface area contributed by atoms with Crippen molar-refractivity contribution in [1.29, 1.82) is 0 Å². The molecule has 0 N–H and O–H groups in total. The Balaban J connectivity index is 0.977. The van der Waals surface area contributed by atoms with Crippen molar-refractivity contribution >= 4 is 43.1 Å². The van der Waals surface area contributed by atoms with Crippen molar-refractivity contribution in [3.05, 3.63) is 169 Å². The Morgan fingerprint density at radius 3 is 1.43 bits per heavy atom. The molecule has 0 heteroatoms. The van der Waals surface area contributed by atoms with Crippen molar-refractivity contribution in [3.8, 4) is 44.5 Å². The molecule has 214 valence electrons. The molecule has 9 aromatic rings. The maximum atomic E-state index is 2.33. The van der Waals surface area contributed by atoms with Crippen molar-refractivity contribution < 1.29 is 0 Å². The first-order chi connectivity index (χ1) is 22.8. The van der Waals surface area contributed by atoms with Gasteiger partial charge in [0.25, 0.3) is 0 Å². The molecule has 0 saturated carbocycles. The van der Waals surface area contributed by atoms with Gasteiger partial charge in [0.1, 0.15) is 0 Å². The molecule has 0 fully saturated rings. The average molecular weight is 583 g/mol. The van der Waals surface area contributed by atoms with Gasteiger partial charge >= 0.3 is 0 Å². The van der Waals surface area contributed by atoms with Crippen molar-refractivity contribution in [2.24, 2.45) is 0 Å². The van der Waals surface area contributed by atoms with E-state index in [9.17, 15) is 0 Å². The Bertz CT molecular complexity index is 2580.